The van der Waals surface area contributed by atoms with E-state index >= 15 is 0 Å². The average Bonchev–Trinajstić information content (AvgIpc) is 2.33. The topological polar surface area (TPSA) is 52.6 Å². The van der Waals surface area contributed by atoms with Crippen LogP contribution in [0, 0.1) is 0 Å². The molecule has 78 valence electrons. The van der Waals surface area contributed by atoms with Crippen LogP contribution in [0.1, 0.15) is 33.6 Å². The Balaban J connectivity index is 2.64. The molecule has 1 rings (SSSR count). The van der Waals surface area contributed by atoms with E-state index in [-0.39, 0.29) is 17.5 Å². The number of carbonyl (C=O) groups is 2. The molecule has 4 heteroatoms. The average molecular weight is 198 g/mol. The summed E-state index contributed by atoms with van der Waals surface area (Å²) in [5, 5.41) is 0. The molecule has 0 aliphatic carbocycles. The van der Waals surface area contributed by atoms with Gasteiger partial charge < -0.3 is 9.47 Å². The van der Waals surface area contributed by atoms with Crippen LogP contribution in [0.2, 0.25) is 0 Å². The molecule has 0 radical (unpaired) electrons. The minimum absolute atomic E-state index is 0.0657. The third-order valence-corrected chi connectivity index (χ3v) is 1.94. The van der Waals surface area contributed by atoms with Gasteiger partial charge in [0.2, 0.25) is 11.5 Å². The first-order valence-electron chi connectivity index (χ1n) is 4.68. The lowest BCUT2D eigenvalue weighted by Gasteiger charge is -2.01. The molecule has 1 atom stereocenters. The lowest BCUT2D eigenvalue weighted by Crippen LogP contribution is -2.16. The Morgan fingerprint density at radius 1 is 1.57 bits per heavy atom. The zero-order valence-electron chi connectivity index (χ0n) is 8.62. The molecule has 1 aliphatic rings. The quantitative estimate of drug-likeness (QED) is 0.645. The molecule has 1 heterocycles. The first-order valence-corrected chi connectivity index (χ1v) is 4.68. The van der Waals surface area contributed by atoms with Gasteiger partial charge in [-0.3, -0.25) is 9.59 Å². The van der Waals surface area contributed by atoms with Crippen molar-refractivity contribution < 1.29 is 19.1 Å². The van der Waals surface area contributed by atoms with Gasteiger partial charge in [0.1, 0.15) is 5.76 Å². The molecule has 0 bridgehead atoms. The Morgan fingerprint density at radius 2 is 2.21 bits per heavy atom. The first kappa shape index (κ1) is 10.8. The minimum Gasteiger partial charge on any atom is -0.483 e. The zero-order chi connectivity index (χ0) is 10.7. The predicted octanol–water partition coefficient (Wildman–Crippen LogP) is 1.55. The normalized spacial score (nSPS) is 21.1. The standard InChI is InChI=1S/C10H14O4/c1-4-5-8(11)14-10-7(3)13-6(2)9(10)12/h6H,4-5H2,1-3H3. The summed E-state index contributed by atoms with van der Waals surface area (Å²) in [6.07, 6.45) is 0.494. The Labute approximate surface area is 82.9 Å². The molecule has 0 aromatic rings. The highest BCUT2D eigenvalue weighted by molar-refractivity contribution is 6.00. The van der Waals surface area contributed by atoms with E-state index in [1.807, 2.05) is 6.92 Å². The van der Waals surface area contributed by atoms with Gasteiger partial charge in [0.05, 0.1) is 0 Å². The molecule has 0 aromatic heterocycles. The molecule has 0 amide bonds. The highest BCUT2D eigenvalue weighted by Gasteiger charge is 2.32. The van der Waals surface area contributed by atoms with Crippen molar-refractivity contribution in [3.8, 4) is 0 Å². The van der Waals surface area contributed by atoms with Crippen LogP contribution in [0.3, 0.4) is 0 Å². The van der Waals surface area contributed by atoms with Crippen molar-refractivity contribution in [1.29, 1.82) is 0 Å². The molecule has 14 heavy (non-hydrogen) atoms. The smallest absolute Gasteiger partial charge is 0.311 e. The van der Waals surface area contributed by atoms with Crippen molar-refractivity contribution in [3.63, 3.8) is 0 Å². The summed E-state index contributed by atoms with van der Waals surface area (Å²) >= 11 is 0. The Hall–Kier alpha value is -1.32. The van der Waals surface area contributed by atoms with Crippen molar-refractivity contribution in [1.82, 2.24) is 0 Å². The highest BCUT2D eigenvalue weighted by atomic mass is 16.6. The summed E-state index contributed by atoms with van der Waals surface area (Å²) in [4.78, 5) is 22.5. The second-order valence-electron chi connectivity index (χ2n) is 3.23. The maximum Gasteiger partial charge on any atom is 0.311 e. The van der Waals surface area contributed by atoms with Crippen LogP contribution in [-0.4, -0.2) is 17.9 Å². The monoisotopic (exact) mass is 198 g/mol. The van der Waals surface area contributed by atoms with Crippen molar-refractivity contribution in [2.45, 2.75) is 39.7 Å². The van der Waals surface area contributed by atoms with Crippen LogP contribution in [0.25, 0.3) is 0 Å². The largest absolute Gasteiger partial charge is 0.483 e. The molecule has 0 N–H and O–H groups in total. The zero-order valence-corrected chi connectivity index (χ0v) is 8.62. The summed E-state index contributed by atoms with van der Waals surface area (Å²) in [5.41, 5.74) is 0. The number of hydrogen-bond donors (Lipinski definition) is 0. The van der Waals surface area contributed by atoms with E-state index in [0.29, 0.717) is 18.6 Å². The van der Waals surface area contributed by atoms with E-state index in [1.54, 1.807) is 13.8 Å². The van der Waals surface area contributed by atoms with Gasteiger partial charge >= 0.3 is 5.97 Å². The molecule has 0 saturated heterocycles. The molecular weight excluding hydrogens is 184 g/mol. The summed E-state index contributed by atoms with van der Waals surface area (Å²) < 4.78 is 10.0. The Morgan fingerprint density at radius 3 is 2.64 bits per heavy atom. The summed E-state index contributed by atoms with van der Waals surface area (Å²) in [5.74, 6) is -0.178. The second kappa shape index (κ2) is 4.26. The number of Topliss-reactive ketones (excluding diaryl/α,β-unsaturated/α-hetero) is 1. The fourth-order valence-electron chi connectivity index (χ4n) is 1.22. The molecule has 0 aromatic carbocycles. The lowest BCUT2D eigenvalue weighted by atomic mass is 10.2. The van der Waals surface area contributed by atoms with E-state index in [0.717, 1.165) is 0 Å². The maximum absolute atomic E-state index is 11.4. The Bertz CT molecular complexity index is 290. The molecular formula is C10H14O4. The first-order chi connectivity index (χ1) is 6.56. The van der Waals surface area contributed by atoms with Crippen LogP contribution in [0.5, 0.6) is 0 Å². The summed E-state index contributed by atoms with van der Waals surface area (Å²) in [6.45, 7) is 5.13. The van der Waals surface area contributed by atoms with E-state index in [1.165, 1.54) is 0 Å². The maximum atomic E-state index is 11.4. The number of carbonyl (C=O) groups excluding carboxylic acids is 2. The van der Waals surface area contributed by atoms with Crippen molar-refractivity contribution in [2.75, 3.05) is 0 Å². The molecule has 0 saturated carbocycles. The minimum atomic E-state index is -0.528. The molecule has 4 nitrogen and oxygen atoms in total. The predicted molar refractivity (Wildman–Crippen MR) is 49.3 cm³/mol. The fraction of sp³-hybridized carbons (Fsp3) is 0.600. The fourth-order valence-corrected chi connectivity index (χ4v) is 1.22. The molecule has 0 spiro atoms. The SMILES string of the molecule is CCCC(=O)OC1=C(C)OC(C)C1=O. The third-order valence-electron chi connectivity index (χ3n) is 1.94. The number of allylic oxidation sites excluding steroid dienone is 1. The van der Waals surface area contributed by atoms with Gasteiger partial charge in [0.15, 0.2) is 6.10 Å². The molecule has 0 fully saturated rings. The molecule has 1 aliphatic heterocycles. The van der Waals surface area contributed by atoms with Gasteiger partial charge in [-0.05, 0) is 20.3 Å². The van der Waals surface area contributed by atoms with Crippen LogP contribution in [0.4, 0.5) is 0 Å². The van der Waals surface area contributed by atoms with E-state index in [2.05, 4.69) is 0 Å². The van der Waals surface area contributed by atoms with Crippen LogP contribution < -0.4 is 0 Å². The van der Waals surface area contributed by atoms with Gasteiger partial charge in [-0.25, -0.2) is 0 Å². The van der Waals surface area contributed by atoms with Crippen LogP contribution in [0.15, 0.2) is 11.5 Å². The van der Waals surface area contributed by atoms with Gasteiger partial charge in [-0.2, -0.15) is 0 Å². The van der Waals surface area contributed by atoms with E-state index in [9.17, 15) is 9.59 Å². The summed E-state index contributed by atoms with van der Waals surface area (Å²) in [7, 11) is 0. The summed E-state index contributed by atoms with van der Waals surface area (Å²) in [6, 6.07) is 0. The number of esters is 1. The van der Waals surface area contributed by atoms with Gasteiger partial charge in [-0.1, -0.05) is 6.92 Å². The van der Waals surface area contributed by atoms with Gasteiger partial charge in [0.25, 0.3) is 0 Å². The molecule has 1 unspecified atom stereocenters. The van der Waals surface area contributed by atoms with E-state index < -0.39 is 6.10 Å². The van der Waals surface area contributed by atoms with Crippen molar-refractivity contribution in [3.05, 3.63) is 11.5 Å². The lowest BCUT2D eigenvalue weighted by molar-refractivity contribution is -0.142. The van der Waals surface area contributed by atoms with Crippen molar-refractivity contribution in [2.24, 2.45) is 0 Å². The number of rotatable bonds is 3. The van der Waals surface area contributed by atoms with E-state index in [4.69, 9.17) is 9.47 Å². The third kappa shape index (κ3) is 2.13. The highest BCUT2D eigenvalue weighted by Crippen LogP contribution is 2.22. The van der Waals surface area contributed by atoms with Crippen molar-refractivity contribution >= 4 is 11.8 Å². The Kier molecular flexibility index (Phi) is 3.28. The van der Waals surface area contributed by atoms with Gasteiger partial charge in [-0.15, -0.1) is 0 Å². The van der Waals surface area contributed by atoms with Gasteiger partial charge in [0, 0.05) is 6.42 Å². The number of ether oxygens (including phenoxy) is 2. The van der Waals surface area contributed by atoms with Crippen LogP contribution >= 0.6 is 0 Å². The second-order valence-corrected chi connectivity index (χ2v) is 3.23. The number of ketones is 1. The van der Waals surface area contributed by atoms with Crippen LogP contribution in [-0.2, 0) is 19.1 Å². The number of hydrogen-bond acceptors (Lipinski definition) is 4.